The smallest absolute Gasteiger partial charge is 0.251 e. The van der Waals surface area contributed by atoms with Gasteiger partial charge >= 0.3 is 0 Å². The summed E-state index contributed by atoms with van der Waals surface area (Å²) in [6.07, 6.45) is 0. The second kappa shape index (κ2) is 6.29. The molecule has 0 fully saturated rings. The lowest BCUT2D eigenvalue weighted by atomic mass is 10.1. The van der Waals surface area contributed by atoms with Gasteiger partial charge in [-0.05, 0) is 43.7 Å². The lowest BCUT2D eigenvalue weighted by molar-refractivity contribution is 0.0940. The Morgan fingerprint density at radius 2 is 1.85 bits per heavy atom. The number of rotatable bonds is 3. The molecule has 2 aromatic rings. The van der Waals surface area contributed by atoms with Crippen molar-refractivity contribution in [1.29, 1.82) is 0 Å². The first-order valence-electron chi connectivity index (χ1n) is 6.30. The van der Waals surface area contributed by atoms with Gasteiger partial charge in [-0.1, -0.05) is 47.0 Å². The molecule has 104 valence electrons. The molecule has 1 amide bonds. The number of carbonyl (C=O) groups is 1. The minimum absolute atomic E-state index is 0.104. The van der Waals surface area contributed by atoms with Crippen molar-refractivity contribution in [2.24, 2.45) is 0 Å². The summed E-state index contributed by atoms with van der Waals surface area (Å²) in [5.41, 5.74) is 2.62. The highest BCUT2D eigenvalue weighted by Gasteiger charge is 2.12. The normalized spacial score (nSPS) is 12.0. The summed E-state index contributed by atoms with van der Waals surface area (Å²) in [5, 5.41) is 3.94. The molecule has 1 N–H and O–H groups in total. The van der Waals surface area contributed by atoms with E-state index >= 15 is 0 Å². The van der Waals surface area contributed by atoms with Crippen LogP contribution < -0.4 is 5.32 Å². The minimum atomic E-state index is -0.141. The van der Waals surface area contributed by atoms with Gasteiger partial charge in [0.2, 0.25) is 0 Å². The van der Waals surface area contributed by atoms with Gasteiger partial charge in [0.15, 0.2) is 0 Å². The van der Waals surface area contributed by atoms with Crippen LogP contribution in [0.15, 0.2) is 42.5 Å². The molecule has 2 nitrogen and oxygen atoms in total. The molecule has 0 aliphatic carbocycles. The van der Waals surface area contributed by atoms with E-state index in [1.807, 2.05) is 38.1 Å². The van der Waals surface area contributed by atoms with Gasteiger partial charge in [0, 0.05) is 5.56 Å². The number of hydrogen-bond donors (Lipinski definition) is 1. The molecule has 2 aromatic carbocycles. The van der Waals surface area contributed by atoms with Gasteiger partial charge in [-0.25, -0.2) is 0 Å². The fraction of sp³-hybridized carbons (Fsp3) is 0.188. The van der Waals surface area contributed by atoms with Crippen LogP contribution >= 0.6 is 23.2 Å². The molecule has 1 atom stereocenters. The van der Waals surface area contributed by atoms with E-state index in [2.05, 4.69) is 5.32 Å². The molecular weight excluding hydrogens is 293 g/mol. The Balaban J connectivity index is 2.13. The molecule has 0 spiro atoms. The Morgan fingerprint density at radius 1 is 1.10 bits per heavy atom. The summed E-state index contributed by atoms with van der Waals surface area (Å²) in [7, 11) is 0. The van der Waals surface area contributed by atoms with Crippen LogP contribution in [0.25, 0.3) is 0 Å². The van der Waals surface area contributed by atoms with E-state index in [9.17, 15) is 4.79 Å². The standard InChI is InChI=1S/C16H15Cl2NO/c1-10-4-3-5-13(8-10)16(20)19-11(2)12-6-7-14(17)15(18)9-12/h3-9,11H,1-2H3,(H,19,20). The highest BCUT2D eigenvalue weighted by atomic mass is 35.5. The largest absolute Gasteiger partial charge is 0.346 e. The van der Waals surface area contributed by atoms with Crippen molar-refractivity contribution >= 4 is 29.1 Å². The quantitative estimate of drug-likeness (QED) is 0.867. The van der Waals surface area contributed by atoms with Crippen LogP contribution in [0.5, 0.6) is 0 Å². The van der Waals surface area contributed by atoms with E-state index in [0.29, 0.717) is 15.6 Å². The number of hydrogen-bond acceptors (Lipinski definition) is 1. The Hall–Kier alpha value is -1.51. The molecule has 2 rings (SSSR count). The second-order valence-electron chi connectivity index (χ2n) is 4.74. The number of amides is 1. The van der Waals surface area contributed by atoms with Gasteiger partial charge in [-0.2, -0.15) is 0 Å². The Bertz CT molecular complexity index is 640. The maximum atomic E-state index is 12.2. The molecule has 20 heavy (non-hydrogen) atoms. The lowest BCUT2D eigenvalue weighted by Crippen LogP contribution is -2.26. The van der Waals surface area contributed by atoms with Crippen LogP contribution in [0.2, 0.25) is 10.0 Å². The van der Waals surface area contributed by atoms with E-state index in [0.717, 1.165) is 11.1 Å². The SMILES string of the molecule is Cc1cccc(C(=O)NC(C)c2ccc(Cl)c(Cl)c2)c1. The summed E-state index contributed by atoms with van der Waals surface area (Å²) in [4.78, 5) is 12.2. The number of benzene rings is 2. The molecule has 0 aromatic heterocycles. The zero-order valence-corrected chi connectivity index (χ0v) is 12.8. The summed E-state index contributed by atoms with van der Waals surface area (Å²) >= 11 is 11.9. The highest BCUT2D eigenvalue weighted by Crippen LogP contribution is 2.25. The molecule has 0 saturated heterocycles. The molecule has 0 bridgehead atoms. The fourth-order valence-corrected chi connectivity index (χ4v) is 2.24. The van der Waals surface area contributed by atoms with Gasteiger partial charge < -0.3 is 5.32 Å². The van der Waals surface area contributed by atoms with Crippen LogP contribution in [0, 0.1) is 6.92 Å². The summed E-state index contributed by atoms with van der Waals surface area (Å²) < 4.78 is 0. The molecule has 1 unspecified atom stereocenters. The van der Waals surface area contributed by atoms with Crippen LogP contribution in [0.4, 0.5) is 0 Å². The average Bonchev–Trinajstić information content (AvgIpc) is 2.41. The summed E-state index contributed by atoms with van der Waals surface area (Å²) in [6, 6.07) is 12.7. The third-order valence-corrected chi connectivity index (χ3v) is 3.81. The van der Waals surface area contributed by atoms with Crippen LogP contribution in [0.1, 0.15) is 34.5 Å². The maximum Gasteiger partial charge on any atom is 0.251 e. The number of nitrogens with one attached hydrogen (secondary N) is 1. The highest BCUT2D eigenvalue weighted by molar-refractivity contribution is 6.42. The van der Waals surface area contributed by atoms with Crippen LogP contribution in [-0.4, -0.2) is 5.91 Å². The first kappa shape index (κ1) is 14.9. The minimum Gasteiger partial charge on any atom is -0.346 e. The Morgan fingerprint density at radius 3 is 2.50 bits per heavy atom. The van der Waals surface area contributed by atoms with Gasteiger partial charge in [0.1, 0.15) is 0 Å². The molecule has 0 radical (unpaired) electrons. The number of carbonyl (C=O) groups excluding carboxylic acids is 1. The van der Waals surface area contributed by atoms with Crippen molar-refractivity contribution in [1.82, 2.24) is 5.32 Å². The van der Waals surface area contributed by atoms with Crippen molar-refractivity contribution in [3.63, 3.8) is 0 Å². The molecule has 0 aliphatic rings. The van der Waals surface area contributed by atoms with Crippen LogP contribution in [0.3, 0.4) is 0 Å². The molecular formula is C16H15Cl2NO. The number of halogens is 2. The van der Waals surface area contributed by atoms with E-state index in [1.165, 1.54) is 0 Å². The van der Waals surface area contributed by atoms with Crippen molar-refractivity contribution in [3.05, 3.63) is 69.2 Å². The van der Waals surface area contributed by atoms with Gasteiger partial charge in [0.25, 0.3) is 5.91 Å². The van der Waals surface area contributed by atoms with Gasteiger partial charge in [-0.15, -0.1) is 0 Å². The lowest BCUT2D eigenvalue weighted by Gasteiger charge is -2.15. The van der Waals surface area contributed by atoms with E-state index in [4.69, 9.17) is 23.2 Å². The maximum absolute atomic E-state index is 12.2. The van der Waals surface area contributed by atoms with Crippen molar-refractivity contribution in [2.45, 2.75) is 19.9 Å². The van der Waals surface area contributed by atoms with Crippen molar-refractivity contribution in [3.8, 4) is 0 Å². The summed E-state index contributed by atoms with van der Waals surface area (Å²) in [6.45, 7) is 3.87. The van der Waals surface area contributed by atoms with E-state index in [1.54, 1.807) is 18.2 Å². The monoisotopic (exact) mass is 307 g/mol. The molecule has 0 aliphatic heterocycles. The Labute approximate surface area is 128 Å². The fourth-order valence-electron chi connectivity index (χ4n) is 1.93. The number of aryl methyl sites for hydroxylation is 1. The second-order valence-corrected chi connectivity index (χ2v) is 5.55. The Kier molecular flexibility index (Phi) is 4.69. The third kappa shape index (κ3) is 3.53. The van der Waals surface area contributed by atoms with Gasteiger partial charge in [0.05, 0.1) is 16.1 Å². The zero-order chi connectivity index (χ0) is 14.7. The first-order chi connectivity index (χ1) is 9.47. The van der Waals surface area contributed by atoms with Gasteiger partial charge in [-0.3, -0.25) is 4.79 Å². The molecule has 4 heteroatoms. The van der Waals surface area contributed by atoms with Crippen molar-refractivity contribution < 1.29 is 4.79 Å². The average molecular weight is 308 g/mol. The predicted octanol–water partition coefficient (Wildman–Crippen LogP) is 4.79. The molecule has 0 saturated carbocycles. The zero-order valence-electron chi connectivity index (χ0n) is 11.3. The topological polar surface area (TPSA) is 29.1 Å². The predicted molar refractivity (Wildman–Crippen MR) is 83.5 cm³/mol. The van der Waals surface area contributed by atoms with Crippen LogP contribution in [-0.2, 0) is 0 Å². The molecule has 0 heterocycles. The third-order valence-electron chi connectivity index (χ3n) is 3.07. The summed E-state index contributed by atoms with van der Waals surface area (Å²) in [5.74, 6) is -0.104. The first-order valence-corrected chi connectivity index (χ1v) is 7.05. The van der Waals surface area contributed by atoms with Crippen molar-refractivity contribution in [2.75, 3.05) is 0 Å². The van der Waals surface area contributed by atoms with E-state index in [-0.39, 0.29) is 11.9 Å². The van der Waals surface area contributed by atoms with E-state index < -0.39 is 0 Å².